The Bertz CT molecular complexity index is 1120. The number of fused-ring (bicyclic) bond motifs is 1. The van der Waals surface area contributed by atoms with Gasteiger partial charge < -0.3 is 14.8 Å². The standard InChI is InChI=1S/C24H29N5O3/c1-5-15-6-8-25-13-19(15)16-10-17-12-21(26-18-7-9-31-14-18)28-29-22(17)20(11-16)27-23(30)32-24(2,3)4/h6,8,10-13,18H,5,7,9,14H2,1-4H3,(H,26,28)(H,27,30). The summed E-state index contributed by atoms with van der Waals surface area (Å²) in [5.41, 5.74) is 3.65. The first kappa shape index (κ1) is 22.0. The Morgan fingerprint density at radius 2 is 2.09 bits per heavy atom. The van der Waals surface area contributed by atoms with E-state index in [1.165, 1.54) is 5.56 Å². The van der Waals surface area contributed by atoms with Crippen LogP contribution < -0.4 is 10.6 Å². The minimum absolute atomic E-state index is 0.217. The highest BCUT2D eigenvalue weighted by molar-refractivity contribution is 6.01. The Kier molecular flexibility index (Phi) is 6.23. The van der Waals surface area contributed by atoms with Gasteiger partial charge in [-0.1, -0.05) is 6.92 Å². The number of hydrogen-bond acceptors (Lipinski definition) is 7. The normalized spacial score (nSPS) is 16.2. The largest absolute Gasteiger partial charge is 0.444 e. The SMILES string of the molecule is CCc1ccncc1-c1cc(NC(=O)OC(C)(C)C)c2nnc(NC3CCOC3)cc2c1. The number of carbonyl (C=O) groups is 1. The third-order valence-electron chi connectivity index (χ3n) is 5.21. The first-order chi connectivity index (χ1) is 15.3. The Morgan fingerprint density at radius 3 is 2.81 bits per heavy atom. The molecule has 1 unspecified atom stereocenters. The second kappa shape index (κ2) is 9.08. The van der Waals surface area contributed by atoms with Gasteiger partial charge in [0.05, 0.1) is 18.3 Å². The van der Waals surface area contributed by atoms with Crippen molar-refractivity contribution in [2.24, 2.45) is 0 Å². The molecule has 0 aliphatic carbocycles. The Labute approximate surface area is 187 Å². The summed E-state index contributed by atoms with van der Waals surface area (Å²) in [6.45, 7) is 8.99. The number of nitrogens with zero attached hydrogens (tertiary/aromatic N) is 3. The molecule has 2 N–H and O–H groups in total. The quantitative estimate of drug-likeness (QED) is 0.594. The molecule has 0 saturated carbocycles. The number of anilines is 2. The number of ether oxygens (including phenoxy) is 2. The van der Waals surface area contributed by atoms with Crippen molar-refractivity contribution >= 4 is 28.5 Å². The first-order valence-electron chi connectivity index (χ1n) is 10.9. The molecule has 168 valence electrons. The van der Waals surface area contributed by atoms with Gasteiger partial charge >= 0.3 is 6.09 Å². The molecule has 3 aromatic rings. The summed E-state index contributed by atoms with van der Waals surface area (Å²) in [5, 5.41) is 15.8. The first-order valence-corrected chi connectivity index (χ1v) is 10.9. The smallest absolute Gasteiger partial charge is 0.412 e. The van der Waals surface area contributed by atoms with Crippen molar-refractivity contribution in [1.29, 1.82) is 0 Å². The van der Waals surface area contributed by atoms with E-state index in [0.29, 0.717) is 23.6 Å². The van der Waals surface area contributed by atoms with E-state index in [1.807, 2.05) is 45.2 Å². The van der Waals surface area contributed by atoms with Gasteiger partial charge in [-0.05, 0) is 69.0 Å². The van der Waals surface area contributed by atoms with Gasteiger partial charge in [-0.2, -0.15) is 0 Å². The molecule has 1 aromatic carbocycles. The number of nitrogens with one attached hydrogen (secondary N) is 2. The number of aromatic nitrogens is 3. The van der Waals surface area contributed by atoms with E-state index in [1.54, 1.807) is 6.20 Å². The van der Waals surface area contributed by atoms with Crippen LogP contribution in [0.4, 0.5) is 16.3 Å². The highest BCUT2D eigenvalue weighted by atomic mass is 16.6. The number of hydrogen-bond donors (Lipinski definition) is 2. The van der Waals surface area contributed by atoms with Crippen LogP contribution in [0.2, 0.25) is 0 Å². The molecule has 1 saturated heterocycles. The number of aryl methyl sites for hydroxylation is 1. The predicted molar refractivity (Wildman–Crippen MR) is 125 cm³/mol. The second-order valence-electron chi connectivity index (χ2n) is 8.91. The van der Waals surface area contributed by atoms with Gasteiger partial charge in [-0.3, -0.25) is 10.3 Å². The minimum Gasteiger partial charge on any atom is -0.444 e. The predicted octanol–water partition coefficient (Wildman–Crippen LogP) is 4.80. The van der Waals surface area contributed by atoms with Gasteiger partial charge in [0.15, 0.2) is 0 Å². The maximum Gasteiger partial charge on any atom is 0.412 e. The van der Waals surface area contributed by atoms with Crippen LogP contribution in [0.5, 0.6) is 0 Å². The monoisotopic (exact) mass is 435 g/mol. The van der Waals surface area contributed by atoms with Crippen LogP contribution in [0.3, 0.4) is 0 Å². The second-order valence-corrected chi connectivity index (χ2v) is 8.91. The molecule has 0 radical (unpaired) electrons. The fraction of sp³-hybridized carbons (Fsp3) is 0.417. The van der Waals surface area contributed by atoms with Crippen LogP contribution in [0.25, 0.3) is 22.0 Å². The lowest BCUT2D eigenvalue weighted by Crippen LogP contribution is -2.27. The Morgan fingerprint density at radius 1 is 1.25 bits per heavy atom. The van der Waals surface area contributed by atoms with Crippen molar-refractivity contribution < 1.29 is 14.3 Å². The third kappa shape index (κ3) is 5.13. The zero-order valence-corrected chi connectivity index (χ0v) is 18.9. The third-order valence-corrected chi connectivity index (χ3v) is 5.21. The summed E-state index contributed by atoms with van der Waals surface area (Å²) in [5.74, 6) is 0.676. The van der Waals surface area contributed by atoms with Crippen molar-refractivity contribution in [2.45, 2.75) is 52.2 Å². The molecule has 8 heteroatoms. The maximum absolute atomic E-state index is 12.5. The van der Waals surface area contributed by atoms with Gasteiger partial charge in [0, 0.05) is 30.0 Å². The van der Waals surface area contributed by atoms with Crippen molar-refractivity contribution in [3.05, 3.63) is 42.2 Å². The van der Waals surface area contributed by atoms with Crippen molar-refractivity contribution in [2.75, 3.05) is 23.8 Å². The van der Waals surface area contributed by atoms with Crippen LogP contribution in [0, 0.1) is 0 Å². The molecule has 1 aliphatic heterocycles. The van der Waals surface area contributed by atoms with Gasteiger partial charge in [0.1, 0.15) is 16.9 Å². The molecular weight excluding hydrogens is 406 g/mol. The number of benzene rings is 1. The zero-order valence-electron chi connectivity index (χ0n) is 18.9. The van der Waals surface area contributed by atoms with E-state index in [2.05, 4.69) is 38.8 Å². The summed E-state index contributed by atoms with van der Waals surface area (Å²) in [4.78, 5) is 16.8. The minimum atomic E-state index is -0.609. The molecule has 8 nitrogen and oxygen atoms in total. The van der Waals surface area contributed by atoms with Crippen molar-refractivity contribution in [3.8, 4) is 11.1 Å². The summed E-state index contributed by atoms with van der Waals surface area (Å²) in [6.07, 6.45) is 4.90. The summed E-state index contributed by atoms with van der Waals surface area (Å²) < 4.78 is 10.9. The van der Waals surface area contributed by atoms with Gasteiger partial charge in [0.25, 0.3) is 0 Å². The van der Waals surface area contributed by atoms with Gasteiger partial charge in [-0.15, -0.1) is 10.2 Å². The van der Waals surface area contributed by atoms with E-state index in [0.717, 1.165) is 36.0 Å². The zero-order chi connectivity index (χ0) is 22.7. The summed E-state index contributed by atoms with van der Waals surface area (Å²) in [7, 11) is 0. The molecule has 0 spiro atoms. The van der Waals surface area contributed by atoms with Gasteiger partial charge in [0.2, 0.25) is 0 Å². The van der Waals surface area contributed by atoms with Crippen LogP contribution >= 0.6 is 0 Å². The molecule has 32 heavy (non-hydrogen) atoms. The Balaban J connectivity index is 1.77. The van der Waals surface area contributed by atoms with Crippen LogP contribution in [-0.2, 0) is 15.9 Å². The lowest BCUT2D eigenvalue weighted by molar-refractivity contribution is 0.0636. The number of rotatable bonds is 5. The maximum atomic E-state index is 12.5. The molecule has 0 bridgehead atoms. The number of pyridine rings is 1. The number of carbonyl (C=O) groups excluding carboxylic acids is 1. The van der Waals surface area contributed by atoms with E-state index < -0.39 is 11.7 Å². The fourth-order valence-electron chi connectivity index (χ4n) is 3.74. The molecule has 4 rings (SSSR count). The summed E-state index contributed by atoms with van der Waals surface area (Å²) >= 11 is 0. The Hall–Kier alpha value is -3.26. The number of amides is 1. The van der Waals surface area contributed by atoms with E-state index >= 15 is 0 Å². The highest BCUT2D eigenvalue weighted by Crippen LogP contribution is 2.32. The van der Waals surface area contributed by atoms with Crippen molar-refractivity contribution in [3.63, 3.8) is 0 Å². The lowest BCUT2D eigenvalue weighted by Gasteiger charge is -2.20. The molecule has 1 atom stereocenters. The fourth-order valence-corrected chi connectivity index (χ4v) is 3.74. The molecule has 3 heterocycles. The summed E-state index contributed by atoms with van der Waals surface area (Å²) in [6, 6.07) is 8.13. The van der Waals surface area contributed by atoms with Crippen LogP contribution in [0.15, 0.2) is 36.7 Å². The molecule has 1 aliphatic rings. The van der Waals surface area contributed by atoms with E-state index in [-0.39, 0.29) is 6.04 Å². The molecule has 2 aromatic heterocycles. The van der Waals surface area contributed by atoms with Crippen LogP contribution in [-0.4, -0.2) is 46.1 Å². The van der Waals surface area contributed by atoms with Crippen molar-refractivity contribution in [1.82, 2.24) is 15.2 Å². The lowest BCUT2D eigenvalue weighted by atomic mass is 9.98. The topological polar surface area (TPSA) is 98.3 Å². The van der Waals surface area contributed by atoms with E-state index in [4.69, 9.17) is 9.47 Å². The highest BCUT2D eigenvalue weighted by Gasteiger charge is 2.20. The van der Waals surface area contributed by atoms with Gasteiger partial charge in [-0.25, -0.2) is 4.79 Å². The average Bonchev–Trinajstić information content (AvgIpc) is 3.25. The average molecular weight is 436 g/mol. The molecule has 1 fully saturated rings. The van der Waals surface area contributed by atoms with Crippen LogP contribution in [0.1, 0.15) is 39.7 Å². The molecule has 1 amide bonds. The molecular formula is C24H29N5O3. The van der Waals surface area contributed by atoms with E-state index in [9.17, 15) is 4.79 Å².